The predicted octanol–water partition coefficient (Wildman–Crippen LogP) is 4.37. The van der Waals surface area contributed by atoms with Gasteiger partial charge in [-0.1, -0.05) is 17.7 Å². The zero-order valence-corrected chi connectivity index (χ0v) is 12.0. The van der Waals surface area contributed by atoms with Crippen LogP contribution in [0.4, 0.5) is 5.69 Å². The molecule has 2 rings (SSSR count). The number of rotatable bonds is 3. The molecule has 0 aliphatic rings. The number of anilines is 1. The molecule has 2 N–H and O–H groups in total. The largest absolute Gasteiger partial charge is 0.398 e. The molecule has 88 valence electrons. The highest BCUT2D eigenvalue weighted by Crippen LogP contribution is 2.25. The standard InChI is InChI=1S/C12H10BrClN2S/c13-10-3-1-8(5-11(10)15)7-17-12-4-2-9(14)6-16-12/h1-6H,7,15H2. The molecule has 1 aromatic carbocycles. The fourth-order valence-corrected chi connectivity index (χ4v) is 2.43. The monoisotopic (exact) mass is 328 g/mol. The van der Waals surface area contributed by atoms with E-state index in [1.165, 1.54) is 5.56 Å². The van der Waals surface area contributed by atoms with Gasteiger partial charge in [0.25, 0.3) is 0 Å². The average molecular weight is 330 g/mol. The van der Waals surface area contributed by atoms with Crippen LogP contribution in [0.3, 0.4) is 0 Å². The minimum Gasteiger partial charge on any atom is -0.398 e. The van der Waals surface area contributed by atoms with Crippen molar-refractivity contribution in [3.63, 3.8) is 0 Å². The molecule has 0 spiro atoms. The van der Waals surface area contributed by atoms with E-state index in [4.69, 9.17) is 17.3 Å². The van der Waals surface area contributed by atoms with Crippen LogP contribution in [0, 0.1) is 0 Å². The highest BCUT2D eigenvalue weighted by Gasteiger charge is 2.00. The molecule has 0 aliphatic heterocycles. The van der Waals surface area contributed by atoms with Crippen molar-refractivity contribution < 1.29 is 0 Å². The zero-order valence-electron chi connectivity index (χ0n) is 8.86. The SMILES string of the molecule is Nc1cc(CSc2ccc(Cl)cn2)ccc1Br. The summed E-state index contributed by atoms with van der Waals surface area (Å²) in [5.74, 6) is 0.839. The third-order valence-corrected chi connectivity index (χ3v) is 4.11. The van der Waals surface area contributed by atoms with Crippen molar-refractivity contribution in [1.29, 1.82) is 0 Å². The third-order valence-electron chi connectivity index (χ3n) is 2.15. The molecule has 0 saturated heterocycles. The van der Waals surface area contributed by atoms with Crippen molar-refractivity contribution in [3.05, 3.63) is 51.6 Å². The lowest BCUT2D eigenvalue weighted by atomic mass is 10.2. The second kappa shape index (κ2) is 5.76. The van der Waals surface area contributed by atoms with Gasteiger partial charge in [0.2, 0.25) is 0 Å². The summed E-state index contributed by atoms with van der Waals surface area (Å²) in [4.78, 5) is 4.22. The van der Waals surface area contributed by atoms with Gasteiger partial charge < -0.3 is 5.73 Å². The van der Waals surface area contributed by atoms with Gasteiger partial charge in [-0.2, -0.15) is 0 Å². The number of nitrogens with two attached hydrogens (primary N) is 1. The molecule has 0 unspecified atom stereocenters. The number of benzene rings is 1. The maximum atomic E-state index is 5.82. The van der Waals surface area contributed by atoms with Gasteiger partial charge in [-0.3, -0.25) is 0 Å². The second-order valence-corrected chi connectivity index (χ2v) is 5.75. The van der Waals surface area contributed by atoms with Crippen LogP contribution in [-0.2, 0) is 5.75 Å². The molecule has 2 nitrogen and oxygen atoms in total. The summed E-state index contributed by atoms with van der Waals surface area (Å²) in [6, 6.07) is 9.72. The van der Waals surface area contributed by atoms with Gasteiger partial charge in [-0.05, 0) is 45.8 Å². The molecule has 1 aromatic heterocycles. The van der Waals surface area contributed by atoms with Crippen LogP contribution in [-0.4, -0.2) is 4.98 Å². The Labute approximate surface area is 118 Å². The minimum absolute atomic E-state index is 0.655. The molecule has 0 fully saturated rings. The van der Waals surface area contributed by atoms with Gasteiger partial charge >= 0.3 is 0 Å². The van der Waals surface area contributed by atoms with E-state index in [1.807, 2.05) is 30.3 Å². The number of nitrogen functional groups attached to an aromatic ring is 1. The van der Waals surface area contributed by atoms with Crippen LogP contribution in [0.5, 0.6) is 0 Å². The summed E-state index contributed by atoms with van der Waals surface area (Å²) in [7, 11) is 0. The minimum atomic E-state index is 0.655. The van der Waals surface area contributed by atoms with E-state index < -0.39 is 0 Å². The second-order valence-electron chi connectivity index (χ2n) is 3.46. The van der Waals surface area contributed by atoms with Crippen molar-refractivity contribution in [1.82, 2.24) is 4.98 Å². The highest BCUT2D eigenvalue weighted by molar-refractivity contribution is 9.10. The van der Waals surface area contributed by atoms with E-state index in [2.05, 4.69) is 20.9 Å². The summed E-state index contributed by atoms with van der Waals surface area (Å²) in [6.45, 7) is 0. The molecule has 2 aromatic rings. The summed E-state index contributed by atoms with van der Waals surface area (Å²) in [6.07, 6.45) is 1.65. The first-order valence-electron chi connectivity index (χ1n) is 4.93. The van der Waals surface area contributed by atoms with Crippen molar-refractivity contribution in [2.24, 2.45) is 0 Å². The maximum Gasteiger partial charge on any atom is 0.0964 e. The molecule has 1 heterocycles. The third kappa shape index (κ3) is 3.63. The maximum absolute atomic E-state index is 5.82. The number of nitrogens with zero attached hydrogens (tertiary/aromatic N) is 1. The van der Waals surface area contributed by atoms with Gasteiger partial charge in [-0.15, -0.1) is 11.8 Å². The first-order chi connectivity index (χ1) is 8.15. The van der Waals surface area contributed by atoms with E-state index in [-0.39, 0.29) is 0 Å². The molecule has 0 radical (unpaired) electrons. The quantitative estimate of drug-likeness (QED) is 0.671. The number of aromatic nitrogens is 1. The number of thioether (sulfide) groups is 1. The van der Waals surface area contributed by atoms with E-state index in [0.29, 0.717) is 5.02 Å². The Bertz CT molecular complexity index is 516. The van der Waals surface area contributed by atoms with Crippen LogP contribution < -0.4 is 5.73 Å². The lowest BCUT2D eigenvalue weighted by molar-refractivity contribution is 1.13. The molecule has 0 aliphatic carbocycles. The number of hydrogen-bond acceptors (Lipinski definition) is 3. The van der Waals surface area contributed by atoms with Crippen LogP contribution in [0.15, 0.2) is 46.0 Å². The smallest absolute Gasteiger partial charge is 0.0964 e. The lowest BCUT2D eigenvalue weighted by Crippen LogP contribution is -1.89. The Kier molecular flexibility index (Phi) is 4.31. The first kappa shape index (κ1) is 12.7. The molecular formula is C12H10BrClN2S. The van der Waals surface area contributed by atoms with Crippen LogP contribution in [0.2, 0.25) is 5.02 Å². The van der Waals surface area contributed by atoms with Crippen LogP contribution in [0.1, 0.15) is 5.56 Å². The highest BCUT2D eigenvalue weighted by atomic mass is 79.9. The van der Waals surface area contributed by atoms with Crippen LogP contribution in [0.25, 0.3) is 0 Å². The van der Waals surface area contributed by atoms with E-state index in [9.17, 15) is 0 Å². The summed E-state index contributed by atoms with van der Waals surface area (Å²) >= 11 is 10.8. The Balaban J connectivity index is 2.02. The van der Waals surface area contributed by atoms with E-state index in [1.54, 1.807) is 18.0 Å². The Morgan fingerprint density at radius 1 is 1.29 bits per heavy atom. The van der Waals surface area contributed by atoms with Crippen molar-refractivity contribution in [3.8, 4) is 0 Å². The van der Waals surface area contributed by atoms with Crippen molar-refractivity contribution in [2.75, 3.05) is 5.73 Å². The summed E-state index contributed by atoms with van der Waals surface area (Å²) < 4.78 is 0.927. The van der Waals surface area contributed by atoms with Gasteiger partial charge in [0.15, 0.2) is 0 Å². The lowest BCUT2D eigenvalue weighted by Gasteiger charge is -2.04. The number of hydrogen-bond donors (Lipinski definition) is 1. The Morgan fingerprint density at radius 2 is 2.12 bits per heavy atom. The topological polar surface area (TPSA) is 38.9 Å². The fraction of sp³-hybridized carbons (Fsp3) is 0.0833. The number of pyridine rings is 1. The Morgan fingerprint density at radius 3 is 2.76 bits per heavy atom. The van der Waals surface area contributed by atoms with Gasteiger partial charge in [-0.25, -0.2) is 4.98 Å². The molecule has 0 saturated carbocycles. The molecule has 0 atom stereocenters. The molecule has 0 amide bonds. The van der Waals surface area contributed by atoms with Gasteiger partial charge in [0.05, 0.1) is 10.0 Å². The molecular weight excluding hydrogens is 320 g/mol. The molecule has 17 heavy (non-hydrogen) atoms. The van der Waals surface area contributed by atoms with Gasteiger partial charge in [0.1, 0.15) is 0 Å². The summed E-state index contributed by atoms with van der Waals surface area (Å²) in [5, 5.41) is 1.61. The van der Waals surface area contributed by atoms with Crippen LogP contribution >= 0.6 is 39.3 Å². The Hall–Kier alpha value is -0.710. The van der Waals surface area contributed by atoms with Crippen molar-refractivity contribution in [2.45, 2.75) is 10.8 Å². The predicted molar refractivity (Wildman–Crippen MR) is 77.4 cm³/mol. The average Bonchev–Trinajstić information content (AvgIpc) is 2.33. The number of halogens is 2. The fourth-order valence-electron chi connectivity index (χ4n) is 1.29. The normalized spacial score (nSPS) is 10.5. The van der Waals surface area contributed by atoms with E-state index in [0.717, 1.165) is 20.9 Å². The molecule has 5 heteroatoms. The first-order valence-corrected chi connectivity index (χ1v) is 7.09. The van der Waals surface area contributed by atoms with E-state index >= 15 is 0 Å². The molecule has 0 bridgehead atoms. The zero-order chi connectivity index (χ0) is 12.3. The van der Waals surface area contributed by atoms with Gasteiger partial charge in [0, 0.05) is 22.1 Å². The van der Waals surface area contributed by atoms with Crippen molar-refractivity contribution >= 4 is 45.0 Å². The summed E-state index contributed by atoms with van der Waals surface area (Å²) in [5.41, 5.74) is 7.75.